The van der Waals surface area contributed by atoms with Crippen LogP contribution in [0.1, 0.15) is 30.9 Å². The largest absolute Gasteiger partial charge is 0.384 e. The molecule has 2 aliphatic rings. The lowest BCUT2D eigenvalue weighted by atomic mass is 9.82. The maximum absolute atomic E-state index is 3.64. The molecule has 1 aliphatic heterocycles. The second kappa shape index (κ2) is 4.10. The van der Waals surface area contributed by atoms with Crippen molar-refractivity contribution in [3.8, 4) is 0 Å². The number of nitrogens with one attached hydrogen (secondary N) is 2. The minimum absolute atomic E-state index is 0.765. The lowest BCUT2D eigenvalue weighted by Gasteiger charge is -2.33. The smallest absolute Gasteiger partial charge is 0.0373 e. The second-order valence-electron chi connectivity index (χ2n) is 5.32. The molecule has 1 aromatic carbocycles. The second-order valence-corrected chi connectivity index (χ2v) is 5.32. The lowest BCUT2D eigenvalue weighted by Crippen LogP contribution is -2.39. The molecule has 1 aromatic rings. The average molecular weight is 216 g/mol. The van der Waals surface area contributed by atoms with E-state index >= 15 is 0 Å². The van der Waals surface area contributed by atoms with Crippen LogP contribution in [0.3, 0.4) is 0 Å². The maximum atomic E-state index is 3.64. The van der Waals surface area contributed by atoms with Crippen LogP contribution in [-0.4, -0.2) is 12.6 Å². The van der Waals surface area contributed by atoms with Crippen molar-refractivity contribution in [1.29, 1.82) is 0 Å². The minimum Gasteiger partial charge on any atom is -0.384 e. The zero-order valence-electron chi connectivity index (χ0n) is 9.92. The van der Waals surface area contributed by atoms with Crippen molar-refractivity contribution in [2.45, 2.75) is 38.8 Å². The van der Waals surface area contributed by atoms with Crippen LogP contribution < -0.4 is 10.6 Å². The van der Waals surface area contributed by atoms with E-state index in [1.54, 1.807) is 0 Å². The summed E-state index contributed by atoms with van der Waals surface area (Å²) in [7, 11) is 0. The summed E-state index contributed by atoms with van der Waals surface area (Å²) in [6.45, 7) is 4.47. The predicted molar refractivity (Wildman–Crippen MR) is 67.7 cm³/mol. The van der Waals surface area contributed by atoms with E-state index in [1.165, 1.54) is 36.1 Å². The van der Waals surface area contributed by atoms with E-state index in [0.29, 0.717) is 0 Å². The lowest BCUT2D eigenvalue weighted by molar-refractivity contribution is 0.240. The van der Waals surface area contributed by atoms with Crippen LogP contribution in [0.15, 0.2) is 18.2 Å². The van der Waals surface area contributed by atoms with Gasteiger partial charge in [-0.15, -0.1) is 0 Å². The van der Waals surface area contributed by atoms with Gasteiger partial charge < -0.3 is 10.6 Å². The highest BCUT2D eigenvalue weighted by Crippen LogP contribution is 2.27. The van der Waals surface area contributed by atoms with E-state index in [1.807, 2.05) is 0 Å². The Kier molecular flexibility index (Phi) is 2.60. The van der Waals surface area contributed by atoms with Gasteiger partial charge in [0.05, 0.1) is 0 Å². The molecule has 0 aromatic heterocycles. The Morgan fingerprint density at radius 1 is 1.38 bits per heavy atom. The molecule has 1 saturated carbocycles. The predicted octanol–water partition coefficient (Wildman–Crippen LogP) is 2.54. The van der Waals surface area contributed by atoms with Crippen molar-refractivity contribution in [3.05, 3.63) is 29.3 Å². The van der Waals surface area contributed by atoms with Crippen LogP contribution in [0.5, 0.6) is 0 Å². The number of benzene rings is 1. The highest BCUT2D eigenvalue weighted by Gasteiger charge is 2.24. The van der Waals surface area contributed by atoms with Gasteiger partial charge in [-0.25, -0.2) is 0 Å². The standard InChI is InChI=1S/C14H20N2/c1-10-6-13(7-10)16-9-11-2-3-14-12(8-11)4-5-15-14/h2-3,8,10,13,15-16H,4-7,9H2,1H3. The number of fused-ring (bicyclic) bond motifs is 1. The molecule has 0 saturated heterocycles. The molecule has 0 amide bonds. The van der Waals surface area contributed by atoms with Crippen LogP contribution in [0.2, 0.25) is 0 Å². The number of anilines is 1. The number of hydrogen-bond donors (Lipinski definition) is 2. The van der Waals surface area contributed by atoms with E-state index < -0.39 is 0 Å². The highest BCUT2D eigenvalue weighted by molar-refractivity contribution is 5.56. The molecule has 86 valence electrons. The quantitative estimate of drug-likeness (QED) is 0.811. The third kappa shape index (κ3) is 1.94. The topological polar surface area (TPSA) is 24.1 Å². The zero-order valence-corrected chi connectivity index (χ0v) is 9.92. The Morgan fingerprint density at radius 3 is 3.06 bits per heavy atom. The van der Waals surface area contributed by atoms with Crippen molar-refractivity contribution in [2.24, 2.45) is 5.92 Å². The van der Waals surface area contributed by atoms with Gasteiger partial charge in [-0.2, -0.15) is 0 Å². The summed E-state index contributed by atoms with van der Waals surface area (Å²) in [5, 5.41) is 7.04. The van der Waals surface area contributed by atoms with Gasteiger partial charge in [0, 0.05) is 24.8 Å². The normalized spacial score (nSPS) is 27.1. The average Bonchev–Trinajstić information content (AvgIpc) is 2.69. The van der Waals surface area contributed by atoms with Gasteiger partial charge in [0.25, 0.3) is 0 Å². The maximum Gasteiger partial charge on any atom is 0.0373 e. The molecule has 2 nitrogen and oxygen atoms in total. The van der Waals surface area contributed by atoms with Gasteiger partial charge in [-0.1, -0.05) is 19.1 Å². The van der Waals surface area contributed by atoms with Gasteiger partial charge in [0.15, 0.2) is 0 Å². The minimum atomic E-state index is 0.765. The van der Waals surface area contributed by atoms with Gasteiger partial charge in [0.1, 0.15) is 0 Å². The van der Waals surface area contributed by atoms with Gasteiger partial charge in [-0.05, 0) is 42.4 Å². The van der Waals surface area contributed by atoms with E-state index in [0.717, 1.165) is 25.0 Å². The summed E-state index contributed by atoms with van der Waals surface area (Å²) >= 11 is 0. The fourth-order valence-corrected chi connectivity index (χ4v) is 2.80. The number of rotatable bonds is 3. The van der Waals surface area contributed by atoms with Crippen LogP contribution >= 0.6 is 0 Å². The van der Waals surface area contributed by atoms with Crippen LogP contribution in [0.4, 0.5) is 5.69 Å². The van der Waals surface area contributed by atoms with Gasteiger partial charge in [0.2, 0.25) is 0 Å². The fourth-order valence-electron chi connectivity index (χ4n) is 2.80. The molecular weight excluding hydrogens is 196 g/mol. The van der Waals surface area contributed by atoms with E-state index in [4.69, 9.17) is 0 Å². The Balaban J connectivity index is 1.58. The SMILES string of the molecule is CC1CC(NCc2ccc3c(c2)CCN3)C1. The van der Waals surface area contributed by atoms with Crippen molar-refractivity contribution in [2.75, 3.05) is 11.9 Å². The molecule has 0 spiro atoms. The molecule has 1 fully saturated rings. The van der Waals surface area contributed by atoms with Crippen LogP contribution in [0, 0.1) is 5.92 Å². The molecule has 2 heteroatoms. The Hall–Kier alpha value is -1.02. The van der Waals surface area contributed by atoms with Gasteiger partial charge in [-0.3, -0.25) is 0 Å². The first-order valence-electron chi connectivity index (χ1n) is 6.40. The summed E-state index contributed by atoms with van der Waals surface area (Å²) in [6, 6.07) is 7.58. The zero-order chi connectivity index (χ0) is 11.0. The summed E-state index contributed by atoms with van der Waals surface area (Å²) in [4.78, 5) is 0. The van der Waals surface area contributed by atoms with Crippen molar-refractivity contribution >= 4 is 5.69 Å². The summed E-state index contributed by atoms with van der Waals surface area (Å²) in [5.74, 6) is 0.932. The number of hydrogen-bond acceptors (Lipinski definition) is 2. The molecule has 0 bridgehead atoms. The molecule has 0 unspecified atom stereocenters. The Bertz CT molecular complexity index is 380. The fraction of sp³-hybridized carbons (Fsp3) is 0.571. The summed E-state index contributed by atoms with van der Waals surface area (Å²) in [6.07, 6.45) is 3.89. The third-order valence-electron chi connectivity index (χ3n) is 3.85. The molecule has 1 heterocycles. The first-order valence-corrected chi connectivity index (χ1v) is 6.40. The van der Waals surface area contributed by atoms with Gasteiger partial charge >= 0.3 is 0 Å². The third-order valence-corrected chi connectivity index (χ3v) is 3.85. The van der Waals surface area contributed by atoms with Crippen molar-refractivity contribution < 1.29 is 0 Å². The summed E-state index contributed by atoms with van der Waals surface area (Å²) < 4.78 is 0. The molecule has 0 atom stereocenters. The molecule has 3 rings (SSSR count). The molecular formula is C14H20N2. The molecule has 0 radical (unpaired) electrons. The summed E-state index contributed by atoms with van der Waals surface area (Å²) in [5.41, 5.74) is 4.25. The highest BCUT2D eigenvalue weighted by atomic mass is 14.9. The first kappa shape index (κ1) is 10.2. The van der Waals surface area contributed by atoms with Crippen LogP contribution in [-0.2, 0) is 13.0 Å². The first-order chi connectivity index (χ1) is 7.81. The Morgan fingerprint density at radius 2 is 2.25 bits per heavy atom. The van der Waals surface area contributed by atoms with Crippen molar-refractivity contribution in [1.82, 2.24) is 5.32 Å². The van der Waals surface area contributed by atoms with E-state index in [2.05, 4.69) is 35.8 Å². The van der Waals surface area contributed by atoms with Crippen molar-refractivity contribution in [3.63, 3.8) is 0 Å². The van der Waals surface area contributed by atoms with E-state index in [-0.39, 0.29) is 0 Å². The Labute approximate surface area is 97.4 Å². The molecule has 16 heavy (non-hydrogen) atoms. The van der Waals surface area contributed by atoms with E-state index in [9.17, 15) is 0 Å². The molecule has 2 N–H and O–H groups in total. The van der Waals surface area contributed by atoms with Crippen LogP contribution in [0.25, 0.3) is 0 Å². The molecule has 1 aliphatic carbocycles. The monoisotopic (exact) mass is 216 g/mol.